The van der Waals surface area contributed by atoms with Gasteiger partial charge in [-0.15, -0.1) is 0 Å². The van der Waals surface area contributed by atoms with Crippen LogP contribution in [0.4, 0.5) is 0 Å². The third-order valence-electron chi connectivity index (χ3n) is 3.99. The molecule has 2 rings (SSSR count). The number of aromatic carboxylic acids is 1. The highest BCUT2D eigenvalue weighted by molar-refractivity contribution is 5.87. The van der Waals surface area contributed by atoms with Gasteiger partial charge in [0.05, 0.1) is 11.7 Å². The summed E-state index contributed by atoms with van der Waals surface area (Å²) in [6.07, 6.45) is 4.14. The molecule has 0 aromatic heterocycles. The fraction of sp³-hybridized carbons (Fsp3) is 0.533. The number of benzene rings is 1. The molecule has 0 bridgehead atoms. The number of hydrogen-bond donors (Lipinski definition) is 2. The quantitative estimate of drug-likeness (QED) is 0.861. The Kier molecular flexibility index (Phi) is 4.02. The maximum absolute atomic E-state index is 10.7. The smallest absolute Gasteiger partial charge is 0.335 e. The summed E-state index contributed by atoms with van der Waals surface area (Å²) in [6, 6.07) is 7.13. The number of carbonyl (C=O) groups is 1. The van der Waals surface area contributed by atoms with E-state index in [1.54, 1.807) is 12.1 Å². The van der Waals surface area contributed by atoms with Crippen LogP contribution in [-0.2, 0) is 6.42 Å². The van der Waals surface area contributed by atoms with Crippen molar-refractivity contribution >= 4 is 5.97 Å². The fourth-order valence-corrected chi connectivity index (χ4v) is 2.85. The van der Waals surface area contributed by atoms with Crippen molar-refractivity contribution in [3.63, 3.8) is 0 Å². The van der Waals surface area contributed by atoms with Gasteiger partial charge < -0.3 is 10.2 Å². The number of aliphatic hydroxyl groups is 1. The monoisotopic (exact) mass is 248 g/mol. The molecule has 1 aliphatic carbocycles. The number of aliphatic hydroxyl groups excluding tert-OH is 1. The van der Waals surface area contributed by atoms with Gasteiger partial charge in [-0.3, -0.25) is 0 Å². The molecule has 1 aliphatic rings. The lowest BCUT2D eigenvalue weighted by atomic mass is 9.95. The van der Waals surface area contributed by atoms with Gasteiger partial charge in [-0.05, 0) is 62.1 Å². The molecule has 18 heavy (non-hydrogen) atoms. The Balaban J connectivity index is 1.92. The van der Waals surface area contributed by atoms with Gasteiger partial charge in [-0.25, -0.2) is 4.79 Å². The minimum Gasteiger partial charge on any atom is -0.478 e. The van der Waals surface area contributed by atoms with E-state index < -0.39 is 5.97 Å². The summed E-state index contributed by atoms with van der Waals surface area (Å²) in [6.45, 7) is 1.87. The highest BCUT2D eigenvalue weighted by atomic mass is 16.4. The van der Waals surface area contributed by atoms with Crippen LogP contribution in [0.1, 0.15) is 42.1 Å². The number of rotatable bonds is 4. The first-order valence-electron chi connectivity index (χ1n) is 6.56. The van der Waals surface area contributed by atoms with Crippen molar-refractivity contribution in [2.45, 2.75) is 38.7 Å². The van der Waals surface area contributed by atoms with Crippen LogP contribution < -0.4 is 0 Å². The SMILES string of the molecule is C[C@@H](O)[C@H]1CCC(Cc2ccc(C(=O)O)cc2)C1. The van der Waals surface area contributed by atoms with Crippen molar-refractivity contribution in [2.75, 3.05) is 0 Å². The van der Waals surface area contributed by atoms with Gasteiger partial charge in [0.2, 0.25) is 0 Å². The van der Waals surface area contributed by atoms with Crippen LogP contribution in [0.25, 0.3) is 0 Å². The molecule has 3 atom stereocenters. The Bertz CT molecular complexity index is 408. The van der Waals surface area contributed by atoms with Gasteiger partial charge in [0, 0.05) is 0 Å². The molecule has 0 saturated heterocycles. The Morgan fingerprint density at radius 2 is 2.00 bits per heavy atom. The molecule has 2 N–H and O–H groups in total. The first-order chi connectivity index (χ1) is 8.56. The van der Waals surface area contributed by atoms with Gasteiger partial charge in [0.25, 0.3) is 0 Å². The lowest BCUT2D eigenvalue weighted by Gasteiger charge is -2.14. The van der Waals surface area contributed by atoms with Crippen LogP contribution >= 0.6 is 0 Å². The molecule has 0 radical (unpaired) electrons. The van der Waals surface area contributed by atoms with E-state index >= 15 is 0 Å². The number of carboxylic acid groups (broad SMARTS) is 1. The summed E-state index contributed by atoms with van der Waals surface area (Å²) >= 11 is 0. The molecule has 0 aliphatic heterocycles. The topological polar surface area (TPSA) is 57.5 Å². The second-order valence-corrected chi connectivity index (χ2v) is 5.39. The van der Waals surface area contributed by atoms with E-state index in [-0.39, 0.29) is 6.10 Å². The first-order valence-corrected chi connectivity index (χ1v) is 6.56. The Labute approximate surface area is 107 Å². The molecule has 0 heterocycles. The summed E-state index contributed by atoms with van der Waals surface area (Å²) in [7, 11) is 0. The summed E-state index contributed by atoms with van der Waals surface area (Å²) in [5.41, 5.74) is 1.53. The lowest BCUT2D eigenvalue weighted by Crippen LogP contribution is -2.13. The van der Waals surface area contributed by atoms with Crippen molar-refractivity contribution < 1.29 is 15.0 Å². The van der Waals surface area contributed by atoms with E-state index in [2.05, 4.69) is 0 Å². The molecular weight excluding hydrogens is 228 g/mol. The highest BCUT2D eigenvalue weighted by Crippen LogP contribution is 2.35. The first kappa shape index (κ1) is 13.1. The van der Waals surface area contributed by atoms with E-state index in [1.807, 2.05) is 19.1 Å². The predicted molar refractivity (Wildman–Crippen MR) is 69.6 cm³/mol. The van der Waals surface area contributed by atoms with Crippen molar-refractivity contribution in [3.05, 3.63) is 35.4 Å². The second-order valence-electron chi connectivity index (χ2n) is 5.39. The average molecular weight is 248 g/mol. The largest absolute Gasteiger partial charge is 0.478 e. The molecule has 1 aromatic rings. The standard InChI is InChI=1S/C15H20O3/c1-10(16)14-7-4-12(9-14)8-11-2-5-13(6-3-11)15(17)18/h2-3,5-6,10,12,14,16H,4,7-9H2,1H3,(H,17,18)/t10-,12?,14+/m1/s1. The van der Waals surface area contributed by atoms with E-state index in [9.17, 15) is 9.90 Å². The second kappa shape index (κ2) is 5.53. The van der Waals surface area contributed by atoms with Crippen molar-refractivity contribution in [2.24, 2.45) is 11.8 Å². The van der Waals surface area contributed by atoms with Gasteiger partial charge >= 0.3 is 5.97 Å². The molecular formula is C15H20O3. The van der Waals surface area contributed by atoms with Gasteiger partial charge in [-0.1, -0.05) is 12.1 Å². The summed E-state index contributed by atoms with van der Waals surface area (Å²) in [5, 5.41) is 18.4. The molecule has 3 heteroatoms. The van der Waals surface area contributed by atoms with E-state index in [0.29, 0.717) is 17.4 Å². The maximum Gasteiger partial charge on any atom is 0.335 e. The molecule has 0 spiro atoms. The number of carboxylic acids is 1. The lowest BCUT2D eigenvalue weighted by molar-refractivity contribution is 0.0697. The van der Waals surface area contributed by atoms with Crippen LogP contribution in [0.3, 0.4) is 0 Å². The highest BCUT2D eigenvalue weighted by Gasteiger charge is 2.27. The summed E-state index contributed by atoms with van der Waals surface area (Å²) < 4.78 is 0. The van der Waals surface area contributed by atoms with E-state index in [0.717, 1.165) is 25.7 Å². The molecule has 1 aromatic carbocycles. The van der Waals surface area contributed by atoms with Crippen LogP contribution in [0, 0.1) is 11.8 Å². The normalized spacial score (nSPS) is 25.0. The molecule has 0 amide bonds. The molecule has 1 fully saturated rings. The Morgan fingerprint density at radius 3 is 2.50 bits per heavy atom. The minimum atomic E-state index is -0.878. The van der Waals surface area contributed by atoms with Crippen molar-refractivity contribution in [1.82, 2.24) is 0 Å². The molecule has 3 nitrogen and oxygen atoms in total. The average Bonchev–Trinajstić information content (AvgIpc) is 2.78. The minimum absolute atomic E-state index is 0.204. The van der Waals surface area contributed by atoms with Crippen LogP contribution in [-0.4, -0.2) is 22.3 Å². The molecule has 1 unspecified atom stereocenters. The van der Waals surface area contributed by atoms with Gasteiger partial charge in [0.15, 0.2) is 0 Å². The molecule has 98 valence electrons. The van der Waals surface area contributed by atoms with Gasteiger partial charge in [0.1, 0.15) is 0 Å². The Hall–Kier alpha value is -1.35. The third kappa shape index (κ3) is 3.10. The Morgan fingerprint density at radius 1 is 1.33 bits per heavy atom. The van der Waals surface area contributed by atoms with Crippen LogP contribution in [0.15, 0.2) is 24.3 Å². The van der Waals surface area contributed by atoms with Crippen LogP contribution in [0.2, 0.25) is 0 Å². The zero-order chi connectivity index (χ0) is 13.1. The maximum atomic E-state index is 10.7. The van der Waals surface area contributed by atoms with Crippen LogP contribution in [0.5, 0.6) is 0 Å². The fourth-order valence-electron chi connectivity index (χ4n) is 2.85. The molecule has 1 saturated carbocycles. The number of hydrogen-bond acceptors (Lipinski definition) is 2. The third-order valence-corrected chi connectivity index (χ3v) is 3.99. The summed E-state index contributed by atoms with van der Waals surface area (Å²) in [4.78, 5) is 10.7. The van der Waals surface area contributed by atoms with Gasteiger partial charge in [-0.2, -0.15) is 0 Å². The zero-order valence-electron chi connectivity index (χ0n) is 10.7. The van der Waals surface area contributed by atoms with E-state index in [1.165, 1.54) is 5.56 Å². The van der Waals surface area contributed by atoms with Crippen molar-refractivity contribution in [3.8, 4) is 0 Å². The zero-order valence-corrected chi connectivity index (χ0v) is 10.7. The van der Waals surface area contributed by atoms with E-state index in [4.69, 9.17) is 5.11 Å². The predicted octanol–water partition coefficient (Wildman–Crippen LogP) is 2.72. The van der Waals surface area contributed by atoms with Crippen molar-refractivity contribution in [1.29, 1.82) is 0 Å². The summed E-state index contributed by atoms with van der Waals surface area (Å²) in [5.74, 6) is 0.185.